The Morgan fingerprint density at radius 3 is 2.06 bits per heavy atom. The second kappa shape index (κ2) is 9.44. The number of hydrogen-bond donors (Lipinski definition) is 0. The van der Waals surface area contributed by atoms with Gasteiger partial charge in [0.05, 0.1) is 4.90 Å². The zero-order valence-corrected chi connectivity index (χ0v) is 19.3. The van der Waals surface area contributed by atoms with E-state index in [2.05, 4.69) is 10.2 Å². The van der Waals surface area contributed by atoms with Crippen LogP contribution >= 0.6 is 35.0 Å². The summed E-state index contributed by atoms with van der Waals surface area (Å²) in [4.78, 5) is 0.245. The Hall–Kier alpha value is -2.32. The number of thioether (sulfide) groups is 1. The van der Waals surface area contributed by atoms with Crippen LogP contribution < -0.4 is 0 Å². The van der Waals surface area contributed by atoms with Gasteiger partial charge in [-0.1, -0.05) is 77.4 Å². The average molecular weight is 490 g/mol. The number of halogens is 2. The Morgan fingerprint density at radius 2 is 1.42 bits per heavy atom. The fourth-order valence-electron chi connectivity index (χ4n) is 3.01. The Balaban J connectivity index is 1.70. The summed E-state index contributed by atoms with van der Waals surface area (Å²) in [5.41, 5.74) is 1.57. The van der Waals surface area contributed by atoms with Crippen molar-refractivity contribution >= 4 is 44.8 Å². The molecule has 0 bridgehead atoms. The van der Waals surface area contributed by atoms with Crippen molar-refractivity contribution in [2.75, 3.05) is 0 Å². The van der Waals surface area contributed by atoms with E-state index in [0.717, 1.165) is 11.3 Å². The van der Waals surface area contributed by atoms with E-state index < -0.39 is 9.84 Å². The summed E-state index contributed by atoms with van der Waals surface area (Å²) >= 11 is 14.0. The minimum Gasteiger partial charge on any atom is -0.273 e. The first-order chi connectivity index (χ1) is 15.0. The van der Waals surface area contributed by atoms with Crippen LogP contribution in [-0.2, 0) is 21.3 Å². The molecular weight excluding hydrogens is 473 g/mol. The maximum absolute atomic E-state index is 12.9. The highest BCUT2D eigenvalue weighted by Gasteiger charge is 2.22. The summed E-state index contributed by atoms with van der Waals surface area (Å²) < 4.78 is 27.6. The molecule has 4 rings (SSSR count). The number of para-hydroxylation sites is 1. The van der Waals surface area contributed by atoms with Gasteiger partial charge in [-0.3, -0.25) is 4.57 Å². The Kier molecular flexibility index (Phi) is 6.67. The van der Waals surface area contributed by atoms with Crippen molar-refractivity contribution in [2.45, 2.75) is 21.6 Å². The van der Waals surface area contributed by atoms with E-state index in [9.17, 15) is 8.42 Å². The van der Waals surface area contributed by atoms with Gasteiger partial charge in [0, 0.05) is 21.5 Å². The first kappa shape index (κ1) is 21.9. The molecule has 4 aromatic rings. The normalized spacial score (nSPS) is 11.5. The zero-order chi connectivity index (χ0) is 21.8. The van der Waals surface area contributed by atoms with E-state index in [1.165, 1.54) is 11.8 Å². The molecule has 9 heteroatoms. The van der Waals surface area contributed by atoms with Gasteiger partial charge in [-0.05, 0) is 42.0 Å². The van der Waals surface area contributed by atoms with Crippen molar-refractivity contribution in [1.82, 2.24) is 14.8 Å². The summed E-state index contributed by atoms with van der Waals surface area (Å²) in [7, 11) is -3.59. The minimum atomic E-state index is -3.59. The van der Waals surface area contributed by atoms with Crippen LogP contribution in [-0.4, -0.2) is 23.2 Å². The maximum atomic E-state index is 12.9. The Labute approximate surface area is 195 Å². The number of rotatable bonds is 7. The highest BCUT2D eigenvalue weighted by atomic mass is 35.5. The van der Waals surface area contributed by atoms with Gasteiger partial charge >= 0.3 is 0 Å². The molecule has 0 aliphatic carbocycles. The van der Waals surface area contributed by atoms with Crippen LogP contribution in [0.5, 0.6) is 0 Å². The molecule has 0 amide bonds. The lowest BCUT2D eigenvalue weighted by Crippen LogP contribution is -2.11. The van der Waals surface area contributed by atoms with E-state index in [0.29, 0.717) is 26.8 Å². The van der Waals surface area contributed by atoms with E-state index >= 15 is 0 Å². The molecule has 0 radical (unpaired) electrons. The third kappa shape index (κ3) is 4.96. The molecule has 0 saturated heterocycles. The van der Waals surface area contributed by atoms with Crippen LogP contribution in [0.2, 0.25) is 10.0 Å². The topological polar surface area (TPSA) is 64.8 Å². The smallest absolute Gasteiger partial charge is 0.196 e. The quantitative estimate of drug-likeness (QED) is 0.305. The highest BCUT2D eigenvalue weighted by molar-refractivity contribution is 7.98. The molecule has 0 fully saturated rings. The highest BCUT2D eigenvalue weighted by Crippen LogP contribution is 2.32. The van der Waals surface area contributed by atoms with Crippen molar-refractivity contribution in [3.05, 3.63) is 100 Å². The van der Waals surface area contributed by atoms with E-state index in [1.54, 1.807) is 53.1 Å². The molecule has 1 aromatic heterocycles. The van der Waals surface area contributed by atoms with Gasteiger partial charge in [0.2, 0.25) is 0 Å². The molecule has 0 spiro atoms. The fourth-order valence-corrected chi connectivity index (χ4v) is 5.99. The summed E-state index contributed by atoms with van der Waals surface area (Å²) in [5.74, 6) is 0.532. The molecule has 3 aromatic carbocycles. The summed E-state index contributed by atoms with van der Waals surface area (Å²) in [5, 5.41) is 10.2. The molecule has 158 valence electrons. The number of hydrogen-bond acceptors (Lipinski definition) is 5. The number of benzene rings is 3. The van der Waals surface area contributed by atoms with Crippen LogP contribution in [0.4, 0.5) is 0 Å². The minimum absolute atomic E-state index is 0.245. The second-order valence-electron chi connectivity index (χ2n) is 6.63. The van der Waals surface area contributed by atoms with Crippen LogP contribution in [0, 0.1) is 0 Å². The standard InChI is InChI=1S/C22H17Cl2N3O2S2/c23-19-12-7-13-20(24)18(19)14-30-22-26-25-21(27(22)16-8-3-1-4-9-16)15-31(28,29)17-10-5-2-6-11-17/h1-13H,14-15H2. The SMILES string of the molecule is O=S(=O)(Cc1nnc(SCc2c(Cl)cccc2Cl)n1-c1ccccc1)c1ccccc1. The molecular formula is C22H17Cl2N3O2S2. The van der Waals surface area contributed by atoms with Crippen molar-refractivity contribution in [3.8, 4) is 5.69 Å². The van der Waals surface area contributed by atoms with E-state index in [-0.39, 0.29) is 10.6 Å². The van der Waals surface area contributed by atoms with E-state index in [4.69, 9.17) is 23.2 Å². The molecule has 5 nitrogen and oxygen atoms in total. The molecule has 0 aliphatic rings. The van der Waals surface area contributed by atoms with Crippen molar-refractivity contribution in [2.24, 2.45) is 0 Å². The lowest BCUT2D eigenvalue weighted by atomic mass is 10.2. The van der Waals surface area contributed by atoms with Gasteiger partial charge in [0.25, 0.3) is 0 Å². The van der Waals surface area contributed by atoms with Crippen molar-refractivity contribution in [1.29, 1.82) is 0 Å². The van der Waals surface area contributed by atoms with Crippen molar-refractivity contribution in [3.63, 3.8) is 0 Å². The average Bonchev–Trinajstić information content (AvgIpc) is 3.16. The second-order valence-corrected chi connectivity index (χ2v) is 10.4. The van der Waals surface area contributed by atoms with Crippen LogP contribution in [0.15, 0.2) is 88.9 Å². The maximum Gasteiger partial charge on any atom is 0.196 e. The number of sulfone groups is 1. The molecule has 0 saturated carbocycles. The van der Waals surface area contributed by atoms with Crippen LogP contribution in [0.3, 0.4) is 0 Å². The molecule has 0 atom stereocenters. The number of aromatic nitrogens is 3. The van der Waals surface area contributed by atoms with Gasteiger partial charge in [0.15, 0.2) is 20.8 Å². The predicted octanol–water partition coefficient (Wildman–Crippen LogP) is 5.84. The van der Waals surface area contributed by atoms with Gasteiger partial charge in [-0.2, -0.15) is 0 Å². The largest absolute Gasteiger partial charge is 0.273 e. The molecule has 0 N–H and O–H groups in total. The predicted molar refractivity (Wildman–Crippen MR) is 125 cm³/mol. The first-order valence-corrected chi connectivity index (χ1v) is 12.7. The molecule has 0 aliphatic heterocycles. The lowest BCUT2D eigenvalue weighted by Gasteiger charge is -2.11. The molecule has 1 heterocycles. The van der Waals surface area contributed by atoms with Crippen LogP contribution in [0.25, 0.3) is 5.69 Å². The van der Waals surface area contributed by atoms with Gasteiger partial charge in [-0.25, -0.2) is 8.42 Å². The van der Waals surface area contributed by atoms with Gasteiger partial charge in [-0.15, -0.1) is 10.2 Å². The summed E-state index contributed by atoms with van der Waals surface area (Å²) in [6.45, 7) is 0. The zero-order valence-electron chi connectivity index (χ0n) is 16.2. The van der Waals surface area contributed by atoms with Crippen LogP contribution in [0.1, 0.15) is 11.4 Å². The summed E-state index contributed by atoms with van der Waals surface area (Å²) in [6, 6.07) is 23.1. The Bertz CT molecular complexity index is 1270. The van der Waals surface area contributed by atoms with Crippen molar-refractivity contribution < 1.29 is 8.42 Å². The van der Waals surface area contributed by atoms with E-state index in [1.807, 2.05) is 30.3 Å². The van der Waals surface area contributed by atoms with Gasteiger partial charge < -0.3 is 0 Å². The summed E-state index contributed by atoms with van der Waals surface area (Å²) in [6.07, 6.45) is 0. The Morgan fingerprint density at radius 1 is 0.806 bits per heavy atom. The third-order valence-corrected chi connectivity index (χ3v) is 7.84. The molecule has 0 unspecified atom stereocenters. The lowest BCUT2D eigenvalue weighted by molar-refractivity contribution is 0.593. The molecule has 31 heavy (non-hydrogen) atoms. The monoisotopic (exact) mass is 489 g/mol. The first-order valence-electron chi connectivity index (χ1n) is 9.29. The van der Waals surface area contributed by atoms with Gasteiger partial charge in [0.1, 0.15) is 5.75 Å². The fraction of sp³-hybridized carbons (Fsp3) is 0.0909. The number of nitrogens with zero attached hydrogens (tertiary/aromatic N) is 3. The third-order valence-electron chi connectivity index (χ3n) is 4.54.